The maximum atomic E-state index is 9.99. The van der Waals surface area contributed by atoms with Crippen LogP contribution >= 0.6 is 35.3 Å². The first kappa shape index (κ1) is 17.1. The van der Waals surface area contributed by atoms with Gasteiger partial charge in [0.05, 0.1) is 12.2 Å². The Morgan fingerprint density at radius 3 is 3.12 bits per heavy atom. The third-order valence-electron chi connectivity index (χ3n) is 4.25. The molecule has 10 nitrogen and oxygen atoms in total. The van der Waals surface area contributed by atoms with Crippen LogP contribution in [-0.2, 0) is 18.5 Å². The van der Waals surface area contributed by atoms with Crippen molar-refractivity contribution >= 4 is 41.2 Å². The molecule has 4 aliphatic heterocycles. The van der Waals surface area contributed by atoms with Gasteiger partial charge in [0, 0.05) is 7.11 Å². The highest BCUT2D eigenvalue weighted by atomic mass is 79.9. The molecule has 24 heavy (non-hydrogen) atoms. The molecule has 0 spiro atoms. The van der Waals surface area contributed by atoms with Gasteiger partial charge < -0.3 is 25.8 Å². The first-order valence-electron chi connectivity index (χ1n) is 7.24. The van der Waals surface area contributed by atoms with Crippen molar-refractivity contribution in [2.75, 3.05) is 20.4 Å². The number of hydrogen-bond donors (Lipinski definition) is 5. The number of fused-ring (bicyclic) bond motifs is 1. The lowest BCUT2D eigenvalue weighted by Crippen LogP contribution is -2.50. The standard InChI is InChI=1S/C11H18BrN5O5PS/c1-19-7-6-4(2-20-23(18,24)22-6)21-10(7)17-9-5(16-11(17)12)8(13)14-3-15-9/h4,6-7,10-11,15-16,18,24H,2-3H2,1H3,(H2,13,14)/q+1/t4?,6-,7?,10?,11?,23?/m1/s1. The van der Waals surface area contributed by atoms with Crippen LogP contribution in [0.1, 0.15) is 0 Å². The monoisotopic (exact) mass is 442 g/mol. The number of nitrogens with two attached hydrogens (primary N) is 1. The molecule has 4 rings (SSSR count). The van der Waals surface area contributed by atoms with Gasteiger partial charge in [-0.15, -0.1) is 0 Å². The Morgan fingerprint density at radius 2 is 2.38 bits per heavy atom. The number of ether oxygens (including phenoxy) is 2. The predicted molar refractivity (Wildman–Crippen MR) is 92.7 cm³/mol. The van der Waals surface area contributed by atoms with Gasteiger partial charge in [-0.1, -0.05) is 0 Å². The Balaban J connectivity index is 1.63. The van der Waals surface area contributed by atoms with Crippen LogP contribution < -0.4 is 16.4 Å². The fraction of sp³-hybridized carbons (Fsp3) is 0.727. The van der Waals surface area contributed by atoms with Gasteiger partial charge in [-0.25, -0.2) is 4.99 Å². The maximum Gasteiger partial charge on any atom is 0.476 e. The van der Waals surface area contributed by atoms with Gasteiger partial charge in [-0.2, -0.15) is 13.9 Å². The van der Waals surface area contributed by atoms with Crippen molar-refractivity contribution in [2.24, 2.45) is 10.7 Å². The summed E-state index contributed by atoms with van der Waals surface area (Å²) in [6, 6.07) is 0. The number of nitrogens with one attached hydrogen (secondary N) is 2. The first-order valence-corrected chi connectivity index (χ1v) is 10.9. The Hall–Kier alpha value is -0.330. The highest BCUT2D eigenvalue weighted by Gasteiger charge is 2.61. The fourth-order valence-corrected chi connectivity index (χ4v) is 5.38. The minimum Gasteiger partial charge on any atom is -0.382 e. The molecule has 0 aromatic heterocycles. The van der Waals surface area contributed by atoms with Crippen molar-refractivity contribution in [3.63, 3.8) is 0 Å². The molecule has 13 heteroatoms. The van der Waals surface area contributed by atoms with Crippen LogP contribution in [0.4, 0.5) is 0 Å². The van der Waals surface area contributed by atoms with Crippen molar-refractivity contribution in [3.05, 3.63) is 11.5 Å². The number of thiol groups is 1. The van der Waals surface area contributed by atoms with E-state index in [0.717, 1.165) is 5.82 Å². The van der Waals surface area contributed by atoms with Crippen LogP contribution in [0.15, 0.2) is 16.5 Å². The normalized spacial score (nSPS) is 44.6. The number of aliphatic imine (C=N–C) groups is 1. The highest BCUT2D eigenvalue weighted by molar-refractivity contribution is 9.09. The molecule has 4 heterocycles. The summed E-state index contributed by atoms with van der Waals surface area (Å²) in [6.07, 6.45) is -1.79. The number of nitrogens with zero attached hydrogens (tertiary/aromatic N) is 2. The van der Waals surface area contributed by atoms with Crippen molar-refractivity contribution in [1.82, 2.24) is 15.5 Å². The summed E-state index contributed by atoms with van der Waals surface area (Å²) in [5, 5.41) is 6.14. The molecule has 0 bridgehead atoms. The van der Waals surface area contributed by atoms with Crippen molar-refractivity contribution in [2.45, 2.75) is 29.6 Å². The highest BCUT2D eigenvalue weighted by Crippen LogP contribution is 2.66. The molecule has 0 amide bonds. The fourth-order valence-electron chi connectivity index (χ4n) is 3.21. The lowest BCUT2D eigenvalue weighted by Gasteiger charge is -2.34. The van der Waals surface area contributed by atoms with E-state index in [4.69, 9.17) is 24.3 Å². The van der Waals surface area contributed by atoms with Crippen molar-refractivity contribution < 1.29 is 23.4 Å². The molecule has 6 atom stereocenters. The molecule has 0 aromatic carbocycles. The van der Waals surface area contributed by atoms with Crippen molar-refractivity contribution in [1.29, 1.82) is 0 Å². The number of hydrogen-bond acceptors (Lipinski definition) is 11. The molecule has 5 unspecified atom stereocenters. The van der Waals surface area contributed by atoms with E-state index >= 15 is 0 Å². The molecule has 0 radical (unpaired) electrons. The van der Waals surface area contributed by atoms with E-state index in [1.165, 1.54) is 0 Å². The summed E-state index contributed by atoms with van der Waals surface area (Å²) in [5.74, 6) is 1.20. The first-order chi connectivity index (χ1) is 11.4. The lowest BCUT2D eigenvalue weighted by molar-refractivity contribution is -0.0941. The second-order valence-corrected chi connectivity index (χ2v) is 9.45. The molecule has 2 fully saturated rings. The van der Waals surface area contributed by atoms with Crippen LogP contribution in [-0.4, -0.2) is 65.6 Å². The van der Waals surface area contributed by atoms with E-state index in [0.29, 0.717) is 18.2 Å². The summed E-state index contributed by atoms with van der Waals surface area (Å²) < 4.78 is 22.6. The predicted octanol–water partition coefficient (Wildman–Crippen LogP) is -0.588. The summed E-state index contributed by atoms with van der Waals surface area (Å²) in [6.45, 7) is 0.563. The van der Waals surface area contributed by atoms with Crippen LogP contribution in [0.2, 0.25) is 0 Å². The lowest BCUT2D eigenvalue weighted by atomic mass is 10.1. The smallest absolute Gasteiger partial charge is 0.382 e. The quantitative estimate of drug-likeness (QED) is 0.165. The third-order valence-corrected chi connectivity index (χ3v) is 6.56. The molecule has 134 valence electrons. The zero-order valence-corrected chi connectivity index (χ0v) is 16.0. The van der Waals surface area contributed by atoms with E-state index < -0.39 is 25.6 Å². The number of methoxy groups -OCH3 is 1. The maximum absolute atomic E-state index is 9.99. The third kappa shape index (κ3) is 2.69. The molecule has 0 aliphatic carbocycles. The van der Waals surface area contributed by atoms with Crippen LogP contribution in [0, 0.1) is 0 Å². The number of rotatable bonds is 2. The zero-order chi connectivity index (χ0) is 17.1. The molecular formula is C11H18BrN5O5PS+. The van der Waals surface area contributed by atoms with Crippen LogP contribution in [0.25, 0.3) is 0 Å². The van der Waals surface area contributed by atoms with E-state index in [2.05, 4.69) is 43.8 Å². The van der Waals surface area contributed by atoms with Gasteiger partial charge in [0.25, 0.3) is 0 Å². The SMILES string of the molecule is COC1C(N2C3=C(NC2Br)C(N)=NCN3)OC2CO[P+](O)(S)O[C@H]21. The van der Waals surface area contributed by atoms with Gasteiger partial charge in [0.2, 0.25) is 0 Å². The average molecular weight is 443 g/mol. The van der Waals surface area contributed by atoms with Crippen LogP contribution in [0.3, 0.4) is 0 Å². The topological polar surface area (TPSA) is 123 Å². The average Bonchev–Trinajstić information content (AvgIpc) is 3.03. The van der Waals surface area contributed by atoms with Crippen LogP contribution in [0.5, 0.6) is 0 Å². The second kappa shape index (κ2) is 6.13. The Morgan fingerprint density at radius 1 is 1.58 bits per heavy atom. The number of alkyl halides is 1. The van der Waals surface area contributed by atoms with Gasteiger partial charge in [-0.3, -0.25) is 4.90 Å². The molecule has 2 saturated heterocycles. The summed E-state index contributed by atoms with van der Waals surface area (Å²) in [5.41, 5.74) is 6.65. The van der Waals surface area contributed by atoms with Gasteiger partial charge >= 0.3 is 7.15 Å². The van der Waals surface area contributed by atoms with Gasteiger partial charge in [0.1, 0.15) is 42.8 Å². The zero-order valence-electron chi connectivity index (χ0n) is 12.6. The molecule has 5 N–H and O–H groups in total. The molecule has 4 aliphatic rings. The van der Waals surface area contributed by atoms with E-state index in [9.17, 15) is 4.89 Å². The van der Waals surface area contributed by atoms with Gasteiger partial charge in [-0.05, 0) is 15.9 Å². The van der Waals surface area contributed by atoms with E-state index in [1.807, 2.05) is 4.90 Å². The Labute approximate surface area is 152 Å². The minimum atomic E-state index is -3.15. The second-order valence-electron chi connectivity index (χ2n) is 5.61. The number of amidine groups is 1. The Bertz CT molecular complexity index is 609. The molecule has 0 aromatic rings. The van der Waals surface area contributed by atoms with Crippen molar-refractivity contribution in [3.8, 4) is 0 Å². The molecular weight excluding hydrogens is 425 g/mol. The van der Waals surface area contributed by atoms with E-state index in [1.54, 1.807) is 7.11 Å². The minimum absolute atomic E-state index is 0.186. The molecule has 0 saturated carbocycles. The van der Waals surface area contributed by atoms with Gasteiger partial charge in [0.15, 0.2) is 17.4 Å². The summed E-state index contributed by atoms with van der Waals surface area (Å²) in [4.78, 5) is 16.1. The summed E-state index contributed by atoms with van der Waals surface area (Å²) >= 11 is 7.61. The largest absolute Gasteiger partial charge is 0.476 e. The summed E-state index contributed by atoms with van der Waals surface area (Å²) in [7, 11) is -1.57. The van der Waals surface area contributed by atoms with E-state index in [-0.39, 0.29) is 17.8 Å². The Kier molecular flexibility index (Phi) is 4.37. The number of halogens is 1.